The Morgan fingerprint density at radius 3 is 2.10 bits per heavy atom. The fourth-order valence-corrected chi connectivity index (χ4v) is 6.04. The summed E-state index contributed by atoms with van der Waals surface area (Å²) in [6, 6.07) is 18.8. The Labute approximate surface area is 235 Å². The minimum atomic E-state index is -4.15. The van der Waals surface area contributed by atoms with E-state index in [1.54, 1.807) is 36.3 Å². The van der Waals surface area contributed by atoms with E-state index in [0.717, 1.165) is 15.7 Å². The quantitative estimate of drug-likeness (QED) is 0.345. The van der Waals surface area contributed by atoms with Crippen LogP contribution in [0, 0.1) is 0 Å². The fraction of sp³-hybridized carbons (Fsp3) is 0.345. The topological polar surface area (TPSA) is 97.9 Å². The summed E-state index contributed by atoms with van der Waals surface area (Å²) in [5.74, 6) is 1.75. The van der Waals surface area contributed by atoms with Gasteiger partial charge in [-0.3, -0.25) is 9.10 Å². The van der Waals surface area contributed by atoms with Crippen molar-refractivity contribution in [2.45, 2.75) is 11.8 Å². The molecule has 40 heavy (non-hydrogen) atoms. The van der Waals surface area contributed by atoms with Crippen LogP contribution in [0.3, 0.4) is 0 Å². The van der Waals surface area contributed by atoms with Gasteiger partial charge in [0.05, 0.1) is 44.2 Å². The molecule has 0 aromatic heterocycles. The molecule has 11 heteroatoms. The van der Waals surface area contributed by atoms with E-state index in [4.69, 9.17) is 18.9 Å². The largest absolute Gasteiger partial charge is 0.495 e. The summed E-state index contributed by atoms with van der Waals surface area (Å²) in [6.07, 6.45) is 0. The van der Waals surface area contributed by atoms with Gasteiger partial charge in [-0.1, -0.05) is 12.1 Å². The Kier molecular flexibility index (Phi) is 9.26. The number of amides is 1. The molecule has 1 aliphatic rings. The maximum absolute atomic E-state index is 13.9. The van der Waals surface area contributed by atoms with Crippen LogP contribution in [0.25, 0.3) is 0 Å². The van der Waals surface area contributed by atoms with Crippen LogP contribution < -0.4 is 28.2 Å². The molecule has 214 valence electrons. The van der Waals surface area contributed by atoms with Crippen molar-refractivity contribution in [2.75, 3.05) is 69.9 Å². The molecule has 1 heterocycles. The SMILES string of the molecule is CCOc1ccc(N(CC(=O)N2CCN(c3ccccc3OC)CC2)S(=O)(=O)c2ccc(OC)c(OC)c2)cc1. The molecule has 0 atom stereocenters. The number of methoxy groups -OCH3 is 3. The third-order valence-corrected chi connectivity index (χ3v) is 8.49. The van der Waals surface area contributed by atoms with Gasteiger partial charge in [0, 0.05) is 32.2 Å². The predicted molar refractivity (Wildman–Crippen MR) is 153 cm³/mol. The van der Waals surface area contributed by atoms with Crippen LogP contribution in [0.4, 0.5) is 11.4 Å². The van der Waals surface area contributed by atoms with Gasteiger partial charge in [-0.25, -0.2) is 8.42 Å². The average molecular weight is 570 g/mol. The van der Waals surface area contributed by atoms with Gasteiger partial charge in [0.15, 0.2) is 11.5 Å². The van der Waals surface area contributed by atoms with Gasteiger partial charge in [-0.15, -0.1) is 0 Å². The molecule has 0 spiro atoms. The minimum Gasteiger partial charge on any atom is -0.495 e. The first-order valence-corrected chi connectivity index (χ1v) is 14.4. The van der Waals surface area contributed by atoms with Crippen LogP contribution in [0.5, 0.6) is 23.0 Å². The van der Waals surface area contributed by atoms with Crippen molar-refractivity contribution in [1.29, 1.82) is 0 Å². The standard InChI is InChI=1S/C29H35N3O7S/c1-5-39-23-12-10-22(11-13-23)32(40(34,35)24-14-15-27(37-3)28(20-24)38-4)21-29(33)31-18-16-30(17-19-31)25-8-6-7-9-26(25)36-2/h6-15,20H,5,16-19,21H2,1-4H3. The Hall–Kier alpha value is -4.12. The van der Waals surface area contributed by atoms with E-state index in [2.05, 4.69) is 4.90 Å². The van der Waals surface area contributed by atoms with Crippen LogP contribution in [0.15, 0.2) is 71.6 Å². The Morgan fingerprint density at radius 2 is 1.48 bits per heavy atom. The molecular formula is C29H35N3O7S. The third kappa shape index (κ3) is 6.20. The summed E-state index contributed by atoms with van der Waals surface area (Å²) < 4.78 is 50.6. The van der Waals surface area contributed by atoms with Gasteiger partial charge in [0.2, 0.25) is 5.91 Å². The molecule has 0 bridgehead atoms. The zero-order valence-electron chi connectivity index (χ0n) is 23.2. The molecule has 4 rings (SSSR count). The lowest BCUT2D eigenvalue weighted by molar-refractivity contribution is -0.129. The van der Waals surface area contributed by atoms with Crippen molar-refractivity contribution in [1.82, 2.24) is 4.90 Å². The van der Waals surface area contributed by atoms with Crippen molar-refractivity contribution in [2.24, 2.45) is 0 Å². The van der Waals surface area contributed by atoms with Crippen LogP contribution >= 0.6 is 0 Å². The number of hydrogen-bond donors (Lipinski definition) is 0. The van der Waals surface area contributed by atoms with Gasteiger partial charge in [-0.05, 0) is 55.5 Å². The second-order valence-corrected chi connectivity index (χ2v) is 10.9. The van der Waals surface area contributed by atoms with Gasteiger partial charge in [-0.2, -0.15) is 0 Å². The number of anilines is 2. The predicted octanol–water partition coefficient (Wildman–Crippen LogP) is 3.66. The number of hydrogen-bond acceptors (Lipinski definition) is 8. The van der Waals surface area contributed by atoms with Crippen LogP contribution in [-0.4, -0.2) is 79.9 Å². The molecule has 0 unspecified atom stereocenters. The lowest BCUT2D eigenvalue weighted by Gasteiger charge is -2.37. The lowest BCUT2D eigenvalue weighted by Crippen LogP contribution is -2.52. The molecule has 3 aromatic rings. The van der Waals surface area contributed by atoms with Crippen LogP contribution in [-0.2, 0) is 14.8 Å². The Bertz CT molecular complexity index is 1410. The normalized spacial score (nSPS) is 13.5. The monoisotopic (exact) mass is 569 g/mol. The van der Waals surface area contributed by atoms with Crippen molar-refractivity contribution in [3.8, 4) is 23.0 Å². The number of carbonyl (C=O) groups is 1. The van der Waals surface area contributed by atoms with Gasteiger partial charge in [0.1, 0.15) is 18.0 Å². The molecule has 3 aromatic carbocycles. The zero-order valence-corrected chi connectivity index (χ0v) is 24.0. The summed E-state index contributed by atoms with van der Waals surface area (Å²) in [5.41, 5.74) is 1.31. The zero-order chi connectivity index (χ0) is 28.7. The Morgan fingerprint density at radius 1 is 0.825 bits per heavy atom. The molecule has 1 aliphatic heterocycles. The van der Waals surface area contributed by atoms with Crippen LogP contribution in [0.1, 0.15) is 6.92 Å². The molecule has 1 fully saturated rings. The first kappa shape index (κ1) is 28.9. The van der Waals surface area contributed by atoms with Gasteiger partial charge >= 0.3 is 0 Å². The Balaban J connectivity index is 1.58. The molecule has 10 nitrogen and oxygen atoms in total. The molecule has 0 N–H and O–H groups in total. The van der Waals surface area contributed by atoms with Gasteiger partial charge in [0.25, 0.3) is 10.0 Å². The molecular weight excluding hydrogens is 534 g/mol. The second kappa shape index (κ2) is 12.8. The second-order valence-electron chi connectivity index (χ2n) is 9.00. The van der Waals surface area contributed by atoms with E-state index >= 15 is 0 Å². The number of nitrogens with zero attached hydrogens (tertiary/aromatic N) is 3. The maximum Gasteiger partial charge on any atom is 0.264 e. The van der Waals surface area contributed by atoms with E-state index < -0.39 is 10.0 Å². The summed E-state index contributed by atoms with van der Waals surface area (Å²) in [6.45, 7) is 4.07. The molecule has 0 radical (unpaired) electrons. The van der Waals surface area contributed by atoms with Gasteiger partial charge < -0.3 is 28.7 Å². The smallest absolute Gasteiger partial charge is 0.264 e. The molecule has 0 saturated carbocycles. The summed E-state index contributed by atoms with van der Waals surface area (Å²) in [7, 11) is 0.395. The number of carbonyl (C=O) groups excluding carboxylic acids is 1. The fourth-order valence-electron chi connectivity index (χ4n) is 4.61. The first-order chi connectivity index (χ1) is 19.3. The highest BCUT2D eigenvalue weighted by atomic mass is 32.2. The van der Waals surface area contributed by atoms with E-state index in [0.29, 0.717) is 50.0 Å². The maximum atomic E-state index is 13.9. The number of benzene rings is 3. The molecule has 0 aliphatic carbocycles. The number of para-hydroxylation sites is 2. The summed E-state index contributed by atoms with van der Waals surface area (Å²) in [4.78, 5) is 17.4. The highest BCUT2D eigenvalue weighted by molar-refractivity contribution is 7.92. The third-order valence-electron chi connectivity index (χ3n) is 6.72. The van der Waals surface area contributed by atoms with Crippen molar-refractivity contribution in [3.63, 3.8) is 0 Å². The molecule has 1 saturated heterocycles. The average Bonchev–Trinajstić information content (AvgIpc) is 3.00. The summed E-state index contributed by atoms with van der Waals surface area (Å²) >= 11 is 0. The number of rotatable bonds is 11. The summed E-state index contributed by atoms with van der Waals surface area (Å²) in [5, 5.41) is 0. The van der Waals surface area contributed by atoms with E-state index in [9.17, 15) is 13.2 Å². The highest BCUT2D eigenvalue weighted by Gasteiger charge is 2.31. The van der Waals surface area contributed by atoms with Crippen molar-refractivity contribution >= 4 is 27.3 Å². The number of sulfonamides is 1. The molecule has 1 amide bonds. The van der Waals surface area contributed by atoms with E-state index in [-0.39, 0.29) is 23.1 Å². The minimum absolute atomic E-state index is 0.0205. The highest BCUT2D eigenvalue weighted by Crippen LogP contribution is 2.33. The van der Waals surface area contributed by atoms with Crippen LogP contribution in [0.2, 0.25) is 0 Å². The number of ether oxygens (including phenoxy) is 4. The van der Waals surface area contributed by atoms with Crippen molar-refractivity contribution < 1.29 is 32.2 Å². The first-order valence-electron chi connectivity index (χ1n) is 13.0. The lowest BCUT2D eigenvalue weighted by atomic mass is 10.2. The van der Waals surface area contributed by atoms with E-state index in [1.807, 2.05) is 31.2 Å². The van der Waals surface area contributed by atoms with E-state index in [1.165, 1.54) is 32.4 Å². The number of piperazine rings is 1. The van der Waals surface area contributed by atoms with Crippen molar-refractivity contribution in [3.05, 3.63) is 66.7 Å².